The van der Waals surface area contributed by atoms with Gasteiger partial charge in [-0.1, -0.05) is 29.8 Å². The van der Waals surface area contributed by atoms with Gasteiger partial charge in [-0.3, -0.25) is 4.79 Å². The monoisotopic (exact) mass is 384 g/mol. The summed E-state index contributed by atoms with van der Waals surface area (Å²) in [6.45, 7) is 2.03. The van der Waals surface area contributed by atoms with E-state index in [0.717, 1.165) is 10.6 Å². The predicted octanol–water partition coefficient (Wildman–Crippen LogP) is 4.40. The Bertz CT molecular complexity index is 926. The van der Waals surface area contributed by atoms with Crippen LogP contribution < -0.4 is 19.5 Å². The lowest BCUT2D eigenvalue weighted by Crippen LogP contribution is -2.12. The number of aromatic nitrogens is 1. The molecule has 0 fully saturated rings. The molecule has 0 aliphatic rings. The number of ether oxygens (including phenoxy) is 3. The van der Waals surface area contributed by atoms with Crippen molar-refractivity contribution in [1.29, 1.82) is 0 Å². The van der Waals surface area contributed by atoms with Crippen LogP contribution in [0.1, 0.15) is 16.1 Å². The second-order valence-corrected chi connectivity index (χ2v) is 6.63. The number of aryl methyl sites for hydroxylation is 1. The van der Waals surface area contributed by atoms with Gasteiger partial charge in [0.2, 0.25) is 5.75 Å². The van der Waals surface area contributed by atoms with E-state index < -0.39 is 0 Å². The molecule has 0 saturated heterocycles. The van der Waals surface area contributed by atoms with Crippen molar-refractivity contribution in [2.45, 2.75) is 6.92 Å². The third kappa shape index (κ3) is 4.03. The van der Waals surface area contributed by atoms with Crippen molar-refractivity contribution in [1.82, 2.24) is 4.98 Å². The molecule has 0 unspecified atom stereocenters. The largest absolute Gasteiger partial charge is 0.493 e. The third-order valence-corrected chi connectivity index (χ3v) is 4.85. The van der Waals surface area contributed by atoms with E-state index in [4.69, 9.17) is 14.2 Å². The standard InChI is InChI=1S/C20H20N2O4S/c1-12-5-7-13(8-6-12)20-22-15(11-27-20)19(23)21-14-9-16(24-2)18(26-4)17(10-14)25-3/h5-11H,1-4H3,(H,21,23). The number of thiazole rings is 1. The topological polar surface area (TPSA) is 69.7 Å². The fraction of sp³-hybridized carbons (Fsp3) is 0.200. The molecule has 0 aliphatic carbocycles. The molecule has 0 spiro atoms. The van der Waals surface area contributed by atoms with Gasteiger partial charge in [0.25, 0.3) is 5.91 Å². The number of anilines is 1. The van der Waals surface area contributed by atoms with Crippen LogP contribution in [0, 0.1) is 6.92 Å². The van der Waals surface area contributed by atoms with Crippen LogP contribution >= 0.6 is 11.3 Å². The normalized spacial score (nSPS) is 10.4. The Morgan fingerprint density at radius 3 is 2.19 bits per heavy atom. The van der Waals surface area contributed by atoms with Crippen molar-refractivity contribution in [3.05, 3.63) is 53.0 Å². The summed E-state index contributed by atoms with van der Waals surface area (Å²) in [5.41, 5.74) is 3.04. The number of benzene rings is 2. The zero-order valence-corrected chi connectivity index (χ0v) is 16.3. The maximum absolute atomic E-state index is 12.6. The van der Waals surface area contributed by atoms with Gasteiger partial charge in [0.15, 0.2) is 11.5 Å². The van der Waals surface area contributed by atoms with E-state index in [2.05, 4.69) is 10.3 Å². The van der Waals surface area contributed by atoms with E-state index in [0.29, 0.717) is 28.6 Å². The molecule has 6 nitrogen and oxygen atoms in total. The summed E-state index contributed by atoms with van der Waals surface area (Å²) in [7, 11) is 4.58. The van der Waals surface area contributed by atoms with Crippen LogP contribution in [0.25, 0.3) is 10.6 Å². The van der Waals surface area contributed by atoms with E-state index in [1.807, 2.05) is 31.2 Å². The molecule has 27 heavy (non-hydrogen) atoms. The molecule has 1 heterocycles. The number of nitrogens with one attached hydrogen (secondary N) is 1. The third-order valence-electron chi connectivity index (χ3n) is 3.96. The number of methoxy groups -OCH3 is 3. The smallest absolute Gasteiger partial charge is 0.275 e. The summed E-state index contributed by atoms with van der Waals surface area (Å²) >= 11 is 1.43. The maximum Gasteiger partial charge on any atom is 0.275 e. The van der Waals surface area contributed by atoms with Gasteiger partial charge in [-0.15, -0.1) is 11.3 Å². The number of amides is 1. The number of nitrogens with zero attached hydrogens (tertiary/aromatic N) is 1. The summed E-state index contributed by atoms with van der Waals surface area (Å²) < 4.78 is 15.9. The zero-order chi connectivity index (χ0) is 19.4. The molecule has 0 aliphatic heterocycles. The highest BCUT2D eigenvalue weighted by molar-refractivity contribution is 7.13. The number of carbonyl (C=O) groups excluding carboxylic acids is 1. The van der Waals surface area contributed by atoms with Crippen LogP contribution in [0.15, 0.2) is 41.8 Å². The summed E-state index contributed by atoms with van der Waals surface area (Å²) in [6, 6.07) is 11.4. The van der Waals surface area contributed by atoms with E-state index in [1.165, 1.54) is 38.2 Å². The van der Waals surface area contributed by atoms with E-state index in [9.17, 15) is 4.79 Å². The second-order valence-electron chi connectivity index (χ2n) is 5.77. The lowest BCUT2D eigenvalue weighted by molar-refractivity contribution is 0.102. The van der Waals surface area contributed by atoms with Gasteiger partial charge in [0.05, 0.1) is 21.3 Å². The Balaban J connectivity index is 1.82. The van der Waals surface area contributed by atoms with Crippen LogP contribution in [0.4, 0.5) is 5.69 Å². The molecule has 2 aromatic carbocycles. The first-order chi connectivity index (χ1) is 13.0. The molecule has 3 rings (SSSR count). The summed E-state index contributed by atoms with van der Waals surface area (Å²) in [5.74, 6) is 1.09. The van der Waals surface area contributed by atoms with Gasteiger partial charge < -0.3 is 19.5 Å². The Morgan fingerprint density at radius 2 is 1.63 bits per heavy atom. The number of hydrogen-bond donors (Lipinski definition) is 1. The Morgan fingerprint density at radius 1 is 1.00 bits per heavy atom. The van der Waals surface area contributed by atoms with Crippen LogP contribution in [-0.2, 0) is 0 Å². The van der Waals surface area contributed by atoms with Crippen molar-refractivity contribution < 1.29 is 19.0 Å². The number of rotatable bonds is 6. The quantitative estimate of drug-likeness (QED) is 0.682. The van der Waals surface area contributed by atoms with Crippen molar-refractivity contribution in [3.63, 3.8) is 0 Å². The first-order valence-electron chi connectivity index (χ1n) is 8.19. The maximum atomic E-state index is 12.6. The average molecular weight is 384 g/mol. The SMILES string of the molecule is COc1cc(NC(=O)c2csc(-c3ccc(C)cc3)n2)cc(OC)c1OC. The Kier molecular flexibility index (Phi) is 5.61. The van der Waals surface area contributed by atoms with Crippen LogP contribution in [0.2, 0.25) is 0 Å². The van der Waals surface area contributed by atoms with E-state index >= 15 is 0 Å². The van der Waals surface area contributed by atoms with E-state index in [1.54, 1.807) is 17.5 Å². The highest BCUT2D eigenvalue weighted by Gasteiger charge is 2.17. The van der Waals surface area contributed by atoms with Crippen molar-refractivity contribution in [3.8, 4) is 27.8 Å². The number of hydrogen-bond acceptors (Lipinski definition) is 6. The molecule has 7 heteroatoms. The highest BCUT2D eigenvalue weighted by Crippen LogP contribution is 2.40. The molecule has 0 atom stereocenters. The fourth-order valence-electron chi connectivity index (χ4n) is 2.56. The molecule has 0 radical (unpaired) electrons. The Hall–Kier alpha value is -3.06. The molecular formula is C20H20N2O4S. The molecule has 0 saturated carbocycles. The highest BCUT2D eigenvalue weighted by atomic mass is 32.1. The van der Waals surface area contributed by atoms with Gasteiger partial charge in [-0.2, -0.15) is 0 Å². The van der Waals surface area contributed by atoms with E-state index in [-0.39, 0.29) is 5.91 Å². The predicted molar refractivity (Wildman–Crippen MR) is 106 cm³/mol. The van der Waals surface area contributed by atoms with Gasteiger partial charge >= 0.3 is 0 Å². The minimum Gasteiger partial charge on any atom is -0.493 e. The van der Waals surface area contributed by atoms with Gasteiger partial charge in [-0.25, -0.2) is 4.98 Å². The molecule has 0 bridgehead atoms. The lowest BCUT2D eigenvalue weighted by atomic mass is 10.2. The van der Waals surface area contributed by atoms with Crippen LogP contribution in [-0.4, -0.2) is 32.2 Å². The molecule has 1 N–H and O–H groups in total. The summed E-state index contributed by atoms with van der Waals surface area (Å²) in [4.78, 5) is 17.0. The second kappa shape index (κ2) is 8.09. The van der Waals surface area contributed by atoms with Crippen molar-refractivity contribution >= 4 is 22.9 Å². The molecule has 1 aromatic heterocycles. The summed E-state index contributed by atoms with van der Waals surface area (Å²) in [5, 5.41) is 5.36. The van der Waals surface area contributed by atoms with Crippen LogP contribution in [0.5, 0.6) is 17.2 Å². The summed E-state index contributed by atoms with van der Waals surface area (Å²) in [6.07, 6.45) is 0. The molecular weight excluding hydrogens is 364 g/mol. The molecule has 140 valence electrons. The van der Waals surface area contributed by atoms with Gasteiger partial charge in [0.1, 0.15) is 10.7 Å². The minimum absolute atomic E-state index is 0.307. The van der Waals surface area contributed by atoms with Gasteiger partial charge in [-0.05, 0) is 6.92 Å². The number of carbonyl (C=O) groups is 1. The lowest BCUT2D eigenvalue weighted by Gasteiger charge is -2.14. The molecule has 1 amide bonds. The Labute approximate surface area is 161 Å². The van der Waals surface area contributed by atoms with Crippen LogP contribution in [0.3, 0.4) is 0 Å². The first kappa shape index (κ1) is 18.7. The van der Waals surface area contributed by atoms with Crippen molar-refractivity contribution in [2.75, 3.05) is 26.6 Å². The fourth-order valence-corrected chi connectivity index (χ4v) is 3.36. The molecule has 3 aromatic rings. The van der Waals surface area contributed by atoms with Gasteiger partial charge in [0, 0.05) is 28.8 Å². The first-order valence-corrected chi connectivity index (χ1v) is 9.07. The zero-order valence-electron chi connectivity index (χ0n) is 15.5. The average Bonchev–Trinajstić information content (AvgIpc) is 3.18. The minimum atomic E-state index is -0.307. The van der Waals surface area contributed by atoms with Crippen molar-refractivity contribution in [2.24, 2.45) is 0 Å².